The fourth-order valence-electron chi connectivity index (χ4n) is 1.93. The average Bonchev–Trinajstić information content (AvgIpc) is 2.57. The first-order valence-corrected chi connectivity index (χ1v) is 8.00. The summed E-state index contributed by atoms with van der Waals surface area (Å²) in [4.78, 5) is 16.7. The van der Waals surface area contributed by atoms with Crippen molar-refractivity contribution in [3.05, 3.63) is 59.9 Å². The number of carbonyl (C=O) groups excluding carboxylic acids is 1. The summed E-state index contributed by atoms with van der Waals surface area (Å²) in [6, 6.07) is 12.7. The normalized spacial score (nSPS) is 11.3. The molecule has 0 spiro atoms. The standard InChI is InChI=1S/C21H20FNO3/c1-21(2,3)26-20(24)19(13-8-15-6-5-7-16(22)14-15)23-17-9-11-18(25-4)12-10-17/h5-7,9-12,14H,1-4H3. The molecule has 0 aliphatic carbocycles. The van der Waals surface area contributed by atoms with Gasteiger partial charge in [-0.2, -0.15) is 0 Å². The molecule has 134 valence electrons. The first-order chi connectivity index (χ1) is 12.3. The highest BCUT2D eigenvalue weighted by Crippen LogP contribution is 2.18. The second-order valence-corrected chi connectivity index (χ2v) is 6.42. The Morgan fingerprint density at radius 3 is 2.38 bits per heavy atom. The van der Waals surface area contributed by atoms with E-state index in [-0.39, 0.29) is 5.71 Å². The van der Waals surface area contributed by atoms with E-state index in [0.717, 1.165) is 0 Å². The van der Waals surface area contributed by atoms with Crippen molar-refractivity contribution in [1.82, 2.24) is 0 Å². The number of ether oxygens (including phenoxy) is 2. The summed E-state index contributed by atoms with van der Waals surface area (Å²) < 4.78 is 23.7. The van der Waals surface area contributed by atoms with Gasteiger partial charge in [0.05, 0.1) is 12.8 Å². The predicted molar refractivity (Wildman–Crippen MR) is 99.2 cm³/mol. The van der Waals surface area contributed by atoms with Crippen molar-refractivity contribution in [3.8, 4) is 17.6 Å². The van der Waals surface area contributed by atoms with Crippen molar-refractivity contribution in [2.24, 2.45) is 4.99 Å². The van der Waals surface area contributed by atoms with Gasteiger partial charge in [-0.05, 0) is 69.2 Å². The molecule has 0 bridgehead atoms. The molecule has 2 aromatic carbocycles. The zero-order valence-corrected chi connectivity index (χ0v) is 15.2. The van der Waals surface area contributed by atoms with E-state index in [4.69, 9.17) is 9.47 Å². The Bertz CT molecular complexity index is 869. The number of halogens is 1. The summed E-state index contributed by atoms with van der Waals surface area (Å²) in [6.07, 6.45) is 0. The molecular formula is C21H20FNO3. The smallest absolute Gasteiger partial charge is 0.366 e. The number of nitrogens with zero attached hydrogens (tertiary/aromatic N) is 1. The van der Waals surface area contributed by atoms with Crippen LogP contribution in [0.1, 0.15) is 26.3 Å². The van der Waals surface area contributed by atoms with Crippen LogP contribution in [0.5, 0.6) is 5.75 Å². The van der Waals surface area contributed by atoms with E-state index in [9.17, 15) is 9.18 Å². The summed E-state index contributed by atoms with van der Waals surface area (Å²) in [7, 11) is 1.56. The monoisotopic (exact) mass is 353 g/mol. The first-order valence-electron chi connectivity index (χ1n) is 8.00. The molecule has 4 nitrogen and oxygen atoms in total. The number of benzene rings is 2. The maximum atomic E-state index is 13.3. The second-order valence-electron chi connectivity index (χ2n) is 6.42. The summed E-state index contributed by atoms with van der Waals surface area (Å²) in [5.74, 6) is 5.07. The molecule has 0 unspecified atom stereocenters. The number of rotatable bonds is 3. The molecule has 0 aromatic heterocycles. The van der Waals surface area contributed by atoms with Crippen LogP contribution in [0.25, 0.3) is 0 Å². The Morgan fingerprint density at radius 2 is 1.81 bits per heavy atom. The van der Waals surface area contributed by atoms with Gasteiger partial charge in [0.25, 0.3) is 0 Å². The SMILES string of the molecule is COc1ccc(N=C(C#Cc2cccc(F)c2)C(=O)OC(C)(C)C)cc1. The molecule has 0 atom stereocenters. The van der Waals surface area contributed by atoms with Gasteiger partial charge in [0.2, 0.25) is 0 Å². The lowest BCUT2D eigenvalue weighted by atomic mass is 10.2. The third-order valence-corrected chi connectivity index (χ3v) is 3.06. The number of hydrogen-bond donors (Lipinski definition) is 0. The quantitative estimate of drug-likeness (QED) is 0.470. The van der Waals surface area contributed by atoms with Crippen molar-refractivity contribution in [2.75, 3.05) is 7.11 Å². The van der Waals surface area contributed by atoms with E-state index < -0.39 is 17.4 Å². The van der Waals surface area contributed by atoms with Gasteiger partial charge >= 0.3 is 5.97 Å². The molecule has 5 heteroatoms. The zero-order chi connectivity index (χ0) is 19.2. The number of hydrogen-bond acceptors (Lipinski definition) is 4. The van der Waals surface area contributed by atoms with Gasteiger partial charge in [-0.1, -0.05) is 12.0 Å². The van der Waals surface area contributed by atoms with Crippen LogP contribution in [-0.4, -0.2) is 24.4 Å². The molecule has 0 saturated heterocycles. The molecule has 0 N–H and O–H groups in total. The van der Waals surface area contributed by atoms with Gasteiger partial charge in [-0.25, -0.2) is 14.2 Å². The molecule has 0 aliphatic rings. The van der Waals surface area contributed by atoms with Crippen LogP contribution < -0.4 is 4.74 Å². The summed E-state index contributed by atoms with van der Waals surface area (Å²) >= 11 is 0. The highest BCUT2D eigenvalue weighted by atomic mass is 19.1. The largest absolute Gasteiger partial charge is 0.497 e. The van der Waals surface area contributed by atoms with Crippen molar-refractivity contribution in [3.63, 3.8) is 0 Å². The highest BCUT2D eigenvalue weighted by molar-refractivity contribution is 6.44. The van der Waals surface area contributed by atoms with Gasteiger partial charge in [0.15, 0.2) is 5.71 Å². The third kappa shape index (κ3) is 6.06. The minimum absolute atomic E-state index is 0.0608. The molecule has 0 heterocycles. The summed E-state index contributed by atoms with van der Waals surface area (Å²) in [6.45, 7) is 5.28. The summed E-state index contributed by atoms with van der Waals surface area (Å²) in [5, 5.41) is 0. The number of methoxy groups -OCH3 is 1. The van der Waals surface area contributed by atoms with Gasteiger partial charge in [-0.15, -0.1) is 0 Å². The Kier molecular flexibility index (Phi) is 6.13. The number of aliphatic imine (C=N–C) groups is 1. The minimum atomic E-state index is -0.682. The van der Waals surface area contributed by atoms with Gasteiger partial charge in [-0.3, -0.25) is 0 Å². The molecule has 26 heavy (non-hydrogen) atoms. The molecule has 2 aromatic rings. The van der Waals surface area contributed by atoms with E-state index >= 15 is 0 Å². The molecule has 0 amide bonds. The lowest BCUT2D eigenvalue weighted by Crippen LogP contribution is -2.28. The maximum absolute atomic E-state index is 13.3. The molecule has 0 aliphatic heterocycles. The van der Waals surface area contributed by atoms with Gasteiger partial charge in [0.1, 0.15) is 17.2 Å². The Morgan fingerprint density at radius 1 is 1.12 bits per heavy atom. The lowest BCUT2D eigenvalue weighted by Gasteiger charge is -2.18. The first kappa shape index (κ1) is 19.2. The van der Waals surface area contributed by atoms with Crippen LogP contribution in [0.3, 0.4) is 0 Å². The van der Waals surface area contributed by atoms with E-state index in [0.29, 0.717) is 17.0 Å². The van der Waals surface area contributed by atoms with E-state index in [1.807, 2.05) is 0 Å². The maximum Gasteiger partial charge on any atom is 0.366 e. The molecule has 0 fully saturated rings. The fraction of sp³-hybridized carbons (Fsp3) is 0.238. The van der Waals surface area contributed by atoms with Crippen LogP contribution in [-0.2, 0) is 9.53 Å². The van der Waals surface area contributed by atoms with Crippen LogP contribution in [0.2, 0.25) is 0 Å². The second kappa shape index (κ2) is 8.30. The molecule has 0 radical (unpaired) electrons. The fourth-order valence-corrected chi connectivity index (χ4v) is 1.93. The Hall–Kier alpha value is -3.13. The van der Waals surface area contributed by atoms with Crippen molar-refractivity contribution < 1.29 is 18.7 Å². The van der Waals surface area contributed by atoms with E-state index in [1.165, 1.54) is 12.1 Å². The van der Waals surface area contributed by atoms with Gasteiger partial charge < -0.3 is 9.47 Å². The average molecular weight is 353 g/mol. The molecular weight excluding hydrogens is 333 g/mol. The highest BCUT2D eigenvalue weighted by Gasteiger charge is 2.20. The van der Waals surface area contributed by atoms with Crippen LogP contribution in [0.15, 0.2) is 53.5 Å². The van der Waals surface area contributed by atoms with Crippen LogP contribution in [0.4, 0.5) is 10.1 Å². The van der Waals surface area contributed by atoms with Crippen molar-refractivity contribution >= 4 is 17.4 Å². The molecule has 0 saturated carbocycles. The van der Waals surface area contributed by atoms with Gasteiger partial charge in [0, 0.05) is 5.56 Å². The van der Waals surface area contributed by atoms with Crippen molar-refractivity contribution in [2.45, 2.75) is 26.4 Å². The van der Waals surface area contributed by atoms with E-state index in [2.05, 4.69) is 16.8 Å². The number of esters is 1. The topological polar surface area (TPSA) is 47.9 Å². The van der Waals surface area contributed by atoms with E-state index in [1.54, 1.807) is 64.3 Å². The minimum Gasteiger partial charge on any atom is -0.497 e. The lowest BCUT2D eigenvalue weighted by molar-refractivity contribution is -0.145. The van der Waals surface area contributed by atoms with Crippen LogP contribution in [0, 0.1) is 17.7 Å². The molecule has 2 rings (SSSR count). The Balaban J connectivity index is 2.38. The van der Waals surface area contributed by atoms with Crippen LogP contribution >= 0.6 is 0 Å². The number of carbonyl (C=O) groups is 1. The van der Waals surface area contributed by atoms with Crippen molar-refractivity contribution in [1.29, 1.82) is 0 Å². The summed E-state index contributed by atoms with van der Waals surface area (Å²) in [5.41, 5.74) is 0.226. The predicted octanol–water partition coefficient (Wildman–Crippen LogP) is 4.30. The zero-order valence-electron chi connectivity index (χ0n) is 15.2. The third-order valence-electron chi connectivity index (χ3n) is 3.06. The Labute approximate surface area is 152 Å².